The fourth-order valence-electron chi connectivity index (χ4n) is 2.90. The Bertz CT molecular complexity index is 602. The highest BCUT2D eigenvalue weighted by Crippen LogP contribution is 2.24. The molecule has 1 aromatic heterocycles. The lowest BCUT2D eigenvalue weighted by molar-refractivity contribution is 0.0161. The lowest BCUT2D eigenvalue weighted by atomic mass is 10.0. The lowest BCUT2D eigenvalue weighted by Gasteiger charge is -2.35. The van der Waals surface area contributed by atoms with Crippen LogP contribution in [0.15, 0.2) is 48.7 Å². The maximum Gasteiger partial charge on any atom is 0.0594 e. The number of ether oxygens (including phenoxy) is 1. The minimum atomic E-state index is 0.293. The monoisotopic (exact) mass is 331 g/mol. The van der Waals surface area contributed by atoms with Crippen molar-refractivity contribution in [1.82, 2.24) is 15.2 Å². The van der Waals surface area contributed by atoms with Gasteiger partial charge in [0.1, 0.15) is 0 Å². The highest BCUT2D eigenvalue weighted by molar-refractivity contribution is 6.30. The van der Waals surface area contributed by atoms with Gasteiger partial charge in [0, 0.05) is 43.4 Å². The third-order valence-electron chi connectivity index (χ3n) is 4.09. The predicted molar refractivity (Wildman–Crippen MR) is 92.5 cm³/mol. The Morgan fingerprint density at radius 2 is 2.04 bits per heavy atom. The van der Waals surface area contributed by atoms with E-state index in [2.05, 4.69) is 27.3 Å². The Morgan fingerprint density at radius 1 is 1.17 bits per heavy atom. The van der Waals surface area contributed by atoms with Crippen molar-refractivity contribution in [2.24, 2.45) is 0 Å². The molecule has 1 aliphatic heterocycles. The first-order chi connectivity index (χ1) is 11.3. The van der Waals surface area contributed by atoms with Gasteiger partial charge in [-0.15, -0.1) is 0 Å². The van der Waals surface area contributed by atoms with E-state index in [-0.39, 0.29) is 0 Å². The Hall–Kier alpha value is -1.46. The summed E-state index contributed by atoms with van der Waals surface area (Å²) in [5.74, 6) is 0. The van der Waals surface area contributed by atoms with Gasteiger partial charge in [-0.05, 0) is 29.8 Å². The Kier molecular flexibility index (Phi) is 6.00. The summed E-state index contributed by atoms with van der Waals surface area (Å²) in [5, 5.41) is 4.31. The van der Waals surface area contributed by atoms with Crippen LogP contribution in [0.25, 0.3) is 0 Å². The first-order valence-electron chi connectivity index (χ1n) is 8.01. The SMILES string of the molecule is Clc1cccc(C(CNCc2ccccn2)N2CCOCC2)c1. The smallest absolute Gasteiger partial charge is 0.0594 e. The molecule has 1 N–H and O–H groups in total. The van der Waals surface area contributed by atoms with Gasteiger partial charge in [-0.3, -0.25) is 9.88 Å². The van der Waals surface area contributed by atoms with E-state index in [1.54, 1.807) is 0 Å². The number of nitrogens with zero attached hydrogens (tertiary/aromatic N) is 2. The van der Waals surface area contributed by atoms with E-state index < -0.39 is 0 Å². The summed E-state index contributed by atoms with van der Waals surface area (Å²) in [5.41, 5.74) is 2.30. The largest absolute Gasteiger partial charge is 0.379 e. The fourth-order valence-corrected chi connectivity index (χ4v) is 3.10. The van der Waals surface area contributed by atoms with Crippen LogP contribution in [-0.2, 0) is 11.3 Å². The molecule has 4 nitrogen and oxygen atoms in total. The van der Waals surface area contributed by atoms with Gasteiger partial charge in [0.25, 0.3) is 0 Å². The van der Waals surface area contributed by atoms with Crippen LogP contribution < -0.4 is 5.32 Å². The number of hydrogen-bond donors (Lipinski definition) is 1. The van der Waals surface area contributed by atoms with Crippen LogP contribution in [0, 0.1) is 0 Å². The van der Waals surface area contributed by atoms with E-state index in [9.17, 15) is 0 Å². The summed E-state index contributed by atoms with van der Waals surface area (Å²) >= 11 is 6.18. The molecule has 1 atom stereocenters. The molecule has 0 saturated carbocycles. The number of rotatable bonds is 6. The molecular formula is C18H22ClN3O. The average molecular weight is 332 g/mol. The third kappa shape index (κ3) is 4.75. The fraction of sp³-hybridized carbons (Fsp3) is 0.389. The molecule has 1 fully saturated rings. The van der Waals surface area contributed by atoms with E-state index in [1.165, 1.54) is 5.56 Å². The first-order valence-corrected chi connectivity index (χ1v) is 8.38. The van der Waals surface area contributed by atoms with Gasteiger partial charge in [-0.25, -0.2) is 0 Å². The van der Waals surface area contributed by atoms with Crippen molar-refractivity contribution in [3.05, 3.63) is 64.9 Å². The van der Waals surface area contributed by atoms with Crippen LogP contribution in [0.3, 0.4) is 0 Å². The predicted octanol–water partition coefficient (Wildman–Crippen LogP) is 2.90. The van der Waals surface area contributed by atoms with Crippen molar-refractivity contribution >= 4 is 11.6 Å². The summed E-state index contributed by atoms with van der Waals surface area (Å²) in [6.45, 7) is 5.10. The van der Waals surface area contributed by atoms with Crippen LogP contribution >= 0.6 is 11.6 Å². The van der Waals surface area contributed by atoms with Gasteiger partial charge in [0.05, 0.1) is 18.9 Å². The van der Waals surface area contributed by atoms with Crippen LogP contribution in [0.5, 0.6) is 0 Å². The summed E-state index contributed by atoms with van der Waals surface area (Å²) in [6, 6.07) is 14.4. The molecule has 1 aromatic carbocycles. The molecule has 0 bridgehead atoms. The molecule has 1 aliphatic rings. The maximum atomic E-state index is 6.18. The number of aromatic nitrogens is 1. The standard InChI is InChI=1S/C18H22ClN3O/c19-16-5-3-4-15(12-16)18(22-8-10-23-11-9-22)14-20-13-17-6-1-2-7-21-17/h1-7,12,18,20H,8-11,13-14H2. The van der Waals surface area contributed by atoms with Gasteiger partial charge in [-0.2, -0.15) is 0 Å². The minimum Gasteiger partial charge on any atom is -0.379 e. The Morgan fingerprint density at radius 3 is 2.78 bits per heavy atom. The van der Waals surface area contributed by atoms with E-state index in [4.69, 9.17) is 16.3 Å². The topological polar surface area (TPSA) is 37.4 Å². The number of nitrogens with one attached hydrogen (secondary N) is 1. The van der Waals surface area contributed by atoms with E-state index in [0.29, 0.717) is 6.04 Å². The third-order valence-corrected chi connectivity index (χ3v) is 4.32. The molecule has 2 heterocycles. The molecule has 0 aliphatic carbocycles. The second-order valence-corrected chi connectivity index (χ2v) is 6.11. The second kappa shape index (κ2) is 8.41. The highest BCUT2D eigenvalue weighted by Gasteiger charge is 2.22. The average Bonchev–Trinajstić information content (AvgIpc) is 2.60. The number of morpholine rings is 1. The van der Waals surface area contributed by atoms with E-state index in [0.717, 1.165) is 50.1 Å². The minimum absolute atomic E-state index is 0.293. The zero-order valence-corrected chi connectivity index (χ0v) is 13.9. The van der Waals surface area contributed by atoms with Crippen molar-refractivity contribution in [1.29, 1.82) is 0 Å². The van der Waals surface area contributed by atoms with Crippen LogP contribution in [0.1, 0.15) is 17.3 Å². The maximum absolute atomic E-state index is 6.18. The lowest BCUT2D eigenvalue weighted by Crippen LogP contribution is -2.42. The summed E-state index contributed by atoms with van der Waals surface area (Å²) in [4.78, 5) is 6.82. The normalized spacial score (nSPS) is 17.1. The van der Waals surface area contributed by atoms with Crippen molar-refractivity contribution in [3.8, 4) is 0 Å². The number of halogens is 1. The van der Waals surface area contributed by atoms with E-state index in [1.807, 2.05) is 36.5 Å². The summed E-state index contributed by atoms with van der Waals surface area (Å²) in [7, 11) is 0. The molecule has 1 unspecified atom stereocenters. The van der Waals surface area contributed by atoms with Crippen LogP contribution in [0.4, 0.5) is 0 Å². The van der Waals surface area contributed by atoms with Crippen LogP contribution in [0.2, 0.25) is 5.02 Å². The van der Waals surface area contributed by atoms with Gasteiger partial charge in [0.15, 0.2) is 0 Å². The van der Waals surface area contributed by atoms with Crippen molar-refractivity contribution in [3.63, 3.8) is 0 Å². The zero-order chi connectivity index (χ0) is 15.9. The van der Waals surface area contributed by atoms with Crippen molar-refractivity contribution in [2.45, 2.75) is 12.6 Å². The van der Waals surface area contributed by atoms with Crippen molar-refractivity contribution in [2.75, 3.05) is 32.8 Å². The highest BCUT2D eigenvalue weighted by atomic mass is 35.5. The molecule has 23 heavy (non-hydrogen) atoms. The van der Waals surface area contributed by atoms with Gasteiger partial charge >= 0.3 is 0 Å². The van der Waals surface area contributed by atoms with Crippen LogP contribution in [-0.4, -0.2) is 42.7 Å². The molecule has 2 aromatic rings. The molecule has 0 radical (unpaired) electrons. The van der Waals surface area contributed by atoms with Gasteiger partial charge in [0.2, 0.25) is 0 Å². The quantitative estimate of drug-likeness (QED) is 0.883. The molecule has 5 heteroatoms. The number of benzene rings is 1. The molecule has 0 spiro atoms. The molecule has 0 amide bonds. The molecule has 3 rings (SSSR count). The summed E-state index contributed by atoms with van der Waals surface area (Å²) in [6.07, 6.45) is 1.83. The Labute approximate surface area is 142 Å². The van der Waals surface area contributed by atoms with Crippen molar-refractivity contribution < 1.29 is 4.74 Å². The first kappa shape index (κ1) is 16.4. The van der Waals surface area contributed by atoms with Gasteiger partial charge in [-0.1, -0.05) is 29.8 Å². The molecule has 1 saturated heterocycles. The number of pyridine rings is 1. The zero-order valence-electron chi connectivity index (χ0n) is 13.1. The number of hydrogen-bond acceptors (Lipinski definition) is 4. The molecular weight excluding hydrogens is 310 g/mol. The van der Waals surface area contributed by atoms with E-state index >= 15 is 0 Å². The van der Waals surface area contributed by atoms with Gasteiger partial charge < -0.3 is 10.1 Å². The second-order valence-electron chi connectivity index (χ2n) is 5.67. The Balaban J connectivity index is 1.67. The molecule has 122 valence electrons. The summed E-state index contributed by atoms with van der Waals surface area (Å²) < 4.78 is 5.49.